The highest BCUT2D eigenvalue weighted by Gasteiger charge is 2.57. The van der Waals surface area contributed by atoms with Crippen molar-refractivity contribution in [1.29, 1.82) is 0 Å². The molecule has 2 heterocycles. The van der Waals surface area contributed by atoms with Crippen LogP contribution in [-0.2, 0) is 4.74 Å². The molecule has 0 aromatic carbocycles. The van der Waals surface area contributed by atoms with E-state index >= 15 is 0 Å². The van der Waals surface area contributed by atoms with Crippen molar-refractivity contribution in [2.45, 2.75) is 36.3 Å². The molecule has 0 bridgehead atoms. The zero-order valence-electron chi connectivity index (χ0n) is 10.8. The van der Waals surface area contributed by atoms with Crippen molar-refractivity contribution in [3.63, 3.8) is 0 Å². The van der Waals surface area contributed by atoms with Crippen molar-refractivity contribution < 1.29 is 19.3 Å². The number of rotatable bonds is 2. The van der Waals surface area contributed by atoms with E-state index in [1.807, 2.05) is 0 Å². The van der Waals surface area contributed by atoms with E-state index in [2.05, 4.69) is 5.92 Å². The first-order valence-corrected chi connectivity index (χ1v) is 6.29. The van der Waals surface area contributed by atoms with Gasteiger partial charge in [-0.25, -0.2) is 4.79 Å². The van der Waals surface area contributed by atoms with Crippen molar-refractivity contribution in [2.75, 3.05) is 0 Å². The maximum Gasteiger partial charge on any atom is 0.330 e. The predicted molar refractivity (Wildman–Crippen MR) is 70.3 cm³/mol. The third kappa shape index (κ3) is 2.38. The molecule has 1 aromatic heterocycles. The summed E-state index contributed by atoms with van der Waals surface area (Å²) in [4.78, 5) is 22.6. The van der Waals surface area contributed by atoms with Crippen LogP contribution in [0.15, 0.2) is 15.8 Å². The molecule has 2 rings (SSSR count). The molecule has 1 aliphatic rings. The fourth-order valence-electron chi connectivity index (χ4n) is 2.14. The molecule has 0 radical (unpaired) electrons. The molecule has 5 atom stereocenters. The molecule has 7 nitrogen and oxygen atoms in total. The summed E-state index contributed by atoms with van der Waals surface area (Å²) in [5.74, 6) is 0.844. The summed E-state index contributed by atoms with van der Waals surface area (Å²) >= 11 is 6.11. The molecule has 114 valence electrons. The molecule has 0 aliphatic carbocycles. The zero-order chi connectivity index (χ0) is 15.9. The maximum atomic E-state index is 13.4. The Balaban J connectivity index is 2.58. The number of hydrogen-bond acceptors (Lipinski definition) is 5. The lowest BCUT2D eigenvalue weighted by atomic mass is 9.97. The summed E-state index contributed by atoms with van der Waals surface area (Å²) in [5, 5.41) is 19.6. The number of aromatic amines is 1. The van der Waals surface area contributed by atoms with E-state index in [0.717, 1.165) is 0 Å². The van der Waals surface area contributed by atoms with Gasteiger partial charge in [0.2, 0.25) is 5.82 Å². The van der Waals surface area contributed by atoms with Gasteiger partial charge in [0.05, 0.1) is 12.3 Å². The van der Waals surface area contributed by atoms with E-state index in [9.17, 15) is 24.2 Å². The Labute approximate surface area is 122 Å². The molecule has 1 saturated heterocycles. The van der Waals surface area contributed by atoms with Gasteiger partial charge in [-0.15, -0.1) is 6.42 Å². The molecule has 0 saturated carbocycles. The molecular formula is C12H12ClFN2O5. The number of halogens is 2. The number of aliphatic hydroxyl groups is 2. The number of aliphatic hydroxyl groups excluding tert-OH is 2. The highest BCUT2D eigenvalue weighted by molar-refractivity contribution is 6.27. The monoisotopic (exact) mass is 318 g/mol. The fourth-order valence-corrected chi connectivity index (χ4v) is 2.43. The van der Waals surface area contributed by atoms with E-state index < -0.39 is 46.5 Å². The van der Waals surface area contributed by atoms with E-state index in [1.54, 1.807) is 4.98 Å². The van der Waals surface area contributed by atoms with Crippen LogP contribution in [0.4, 0.5) is 4.39 Å². The highest BCUT2D eigenvalue weighted by Crippen LogP contribution is 2.43. The van der Waals surface area contributed by atoms with Crippen LogP contribution < -0.4 is 11.2 Å². The average Bonchev–Trinajstić information content (AvgIpc) is 2.68. The summed E-state index contributed by atoms with van der Waals surface area (Å²) in [6.07, 6.45) is 0.584. The van der Waals surface area contributed by atoms with Gasteiger partial charge in [0.25, 0.3) is 5.56 Å². The molecular weight excluding hydrogens is 307 g/mol. The Kier molecular flexibility index (Phi) is 3.95. The second-order valence-electron chi connectivity index (χ2n) is 4.69. The van der Waals surface area contributed by atoms with Crippen molar-refractivity contribution in [3.05, 3.63) is 32.9 Å². The molecule has 21 heavy (non-hydrogen) atoms. The van der Waals surface area contributed by atoms with E-state index in [0.29, 0.717) is 10.8 Å². The van der Waals surface area contributed by atoms with Crippen LogP contribution >= 0.6 is 11.6 Å². The minimum Gasteiger partial charge on any atom is -0.391 e. The largest absolute Gasteiger partial charge is 0.391 e. The normalized spacial score (nSPS) is 33.6. The summed E-state index contributed by atoms with van der Waals surface area (Å²) in [5.41, 5.74) is -2.21. The van der Waals surface area contributed by atoms with Gasteiger partial charge < -0.3 is 14.9 Å². The van der Waals surface area contributed by atoms with E-state index in [-0.39, 0.29) is 0 Å². The van der Waals surface area contributed by atoms with Crippen molar-refractivity contribution in [3.8, 4) is 12.3 Å². The maximum absolute atomic E-state index is 13.4. The van der Waals surface area contributed by atoms with Gasteiger partial charge in [-0.1, -0.05) is 17.5 Å². The first kappa shape index (κ1) is 15.7. The summed E-state index contributed by atoms with van der Waals surface area (Å²) < 4.78 is 19.3. The number of hydrogen-bond donors (Lipinski definition) is 3. The minimum atomic E-state index is -1.91. The number of ether oxygens (including phenoxy) is 1. The Morgan fingerprint density at radius 2 is 2.29 bits per heavy atom. The first-order chi connectivity index (χ1) is 9.72. The van der Waals surface area contributed by atoms with Crippen molar-refractivity contribution in [1.82, 2.24) is 9.55 Å². The number of nitrogens with zero attached hydrogens (tertiary/aromatic N) is 1. The topological polar surface area (TPSA) is 105 Å². The Hall–Kier alpha value is -1.66. The van der Waals surface area contributed by atoms with Gasteiger partial charge in [0.1, 0.15) is 12.2 Å². The third-order valence-electron chi connectivity index (χ3n) is 3.26. The van der Waals surface area contributed by atoms with Gasteiger partial charge in [0.15, 0.2) is 11.1 Å². The second-order valence-corrected chi connectivity index (χ2v) is 5.32. The summed E-state index contributed by atoms with van der Waals surface area (Å²) in [7, 11) is 0. The molecule has 1 unspecified atom stereocenters. The summed E-state index contributed by atoms with van der Waals surface area (Å²) in [6.45, 7) is 1.33. The first-order valence-electron chi connectivity index (χ1n) is 5.91. The van der Waals surface area contributed by atoms with Crippen LogP contribution in [0.3, 0.4) is 0 Å². The van der Waals surface area contributed by atoms with Crippen LogP contribution in [0.5, 0.6) is 0 Å². The number of aromatic nitrogens is 2. The lowest BCUT2D eigenvalue weighted by molar-refractivity contribution is -0.0775. The SMILES string of the molecule is C#CC1(Cl)[C@@H](O)[C@@H]([C@@H](C)O)O[C@H]1n1cc(F)c(=O)[nH]c1=O. The fraction of sp³-hybridized carbons (Fsp3) is 0.500. The number of H-pyrrole nitrogens is 1. The van der Waals surface area contributed by atoms with E-state index in [4.69, 9.17) is 22.8 Å². The number of nitrogens with one attached hydrogen (secondary N) is 1. The predicted octanol–water partition coefficient (Wildman–Crippen LogP) is -1.07. The van der Waals surface area contributed by atoms with Gasteiger partial charge in [-0.05, 0) is 6.92 Å². The molecule has 3 N–H and O–H groups in total. The van der Waals surface area contributed by atoms with Crippen LogP contribution in [-0.4, -0.2) is 43.0 Å². The van der Waals surface area contributed by atoms with Crippen LogP contribution in [0.1, 0.15) is 13.2 Å². The average molecular weight is 319 g/mol. The zero-order valence-corrected chi connectivity index (χ0v) is 11.5. The summed E-state index contributed by atoms with van der Waals surface area (Å²) in [6, 6.07) is 0. The van der Waals surface area contributed by atoms with Crippen molar-refractivity contribution >= 4 is 11.6 Å². The van der Waals surface area contributed by atoms with Gasteiger partial charge in [0, 0.05) is 0 Å². The van der Waals surface area contributed by atoms with Gasteiger partial charge >= 0.3 is 5.69 Å². The van der Waals surface area contributed by atoms with Gasteiger partial charge in [-0.2, -0.15) is 4.39 Å². The molecule has 0 spiro atoms. The minimum absolute atomic E-state index is 0.581. The molecule has 1 fully saturated rings. The Bertz CT molecular complexity index is 709. The Morgan fingerprint density at radius 3 is 2.81 bits per heavy atom. The Morgan fingerprint density at radius 1 is 1.67 bits per heavy atom. The van der Waals surface area contributed by atoms with Crippen LogP contribution in [0, 0.1) is 18.2 Å². The third-order valence-corrected chi connectivity index (χ3v) is 3.78. The molecule has 0 amide bonds. The van der Waals surface area contributed by atoms with E-state index in [1.165, 1.54) is 6.92 Å². The highest BCUT2D eigenvalue weighted by atomic mass is 35.5. The molecule has 9 heteroatoms. The quantitative estimate of drug-likeness (QED) is 0.475. The number of alkyl halides is 1. The number of terminal acetylenes is 1. The lowest BCUT2D eigenvalue weighted by Gasteiger charge is -2.25. The lowest BCUT2D eigenvalue weighted by Crippen LogP contribution is -2.45. The molecule has 1 aliphatic heterocycles. The standard InChI is InChI=1S/C12H12ClFN2O5/c1-3-12(13)8(18)7(5(2)17)21-10(12)16-4-6(14)9(19)15-11(16)20/h1,4-5,7-8,10,17-18H,2H3,(H,15,19,20)/t5-,7-,8+,10-,12?/m1/s1. The molecule has 1 aromatic rings. The van der Waals surface area contributed by atoms with Crippen LogP contribution in [0.2, 0.25) is 0 Å². The van der Waals surface area contributed by atoms with Crippen molar-refractivity contribution in [2.24, 2.45) is 0 Å². The second kappa shape index (κ2) is 5.27. The van der Waals surface area contributed by atoms with Crippen LogP contribution in [0.25, 0.3) is 0 Å². The van der Waals surface area contributed by atoms with Gasteiger partial charge in [-0.3, -0.25) is 14.3 Å². The smallest absolute Gasteiger partial charge is 0.330 e.